The minimum Gasteiger partial charge on any atom is -0.331 e. The van der Waals surface area contributed by atoms with Crippen LogP contribution in [0.5, 0.6) is 0 Å². The molecule has 2 aromatic heterocycles. The molecule has 0 atom stereocenters. The lowest BCUT2D eigenvalue weighted by atomic mass is 10.2. The quantitative estimate of drug-likeness (QED) is 0.735. The molecule has 144 valence electrons. The molecule has 0 saturated heterocycles. The highest BCUT2D eigenvalue weighted by molar-refractivity contribution is 5.98. The minimum absolute atomic E-state index is 0.120. The molecule has 0 bridgehead atoms. The van der Waals surface area contributed by atoms with E-state index in [-0.39, 0.29) is 24.1 Å². The first-order chi connectivity index (χ1) is 13.3. The maximum atomic E-state index is 12.7. The van der Waals surface area contributed by atoms with E-state index in [0.717, 1.165) is 16.8 Å². The van der Waals surface area contributed by atoms with Crippen molar-refractivity contribution in [2.45, 2.75) is 20.8 Å². The van der Waals surface area contributed by atoms with E-state index in [0.29, 0.717) is 11.5 Å². The molecule has 3 rings (SSSR count). The summed E-state index contributed by atoms with van der Waals surface area (Å²) in [4.78, 5) is 30.3. The van der Waals surface area contributed by atoms with E-state index in [4.69, 9.17) is 0 Å². The number of rotatable bonds is 5. The van der Waals surface area contributed by atoms with Crippen LogP contribution >= 0.6 is 0 Å². The lowest BCUT2D eigenvalue weighted by Gasteiger charge is -2.15. The van der Waals surface area contributed by atoms with Crippen molar-refractivity contribution in [3.05, 3.63) is 65.1 Å². The van der Waals surface area contributed by atoms with Gasteiger partial charge in [0.25, 0.3) is 5.91 Å². The normalized spacial score (nSPS) is 10.6. The molecule has 0 aliphatic heterocycles. The highest BCUT2D eigenvalue weighted by atomic mass is 16.2. The van der Waals surface area contributed by atoms with E-state index < -0.39 is 0 Å². The van der Waals surface area contributed by atoms with Crippen LogP contribution in [0.1, 0.15) is 27.3 Å². The van der Waals surface area contributed by atoms with Gasteiger partial charge in [0, 0.05) is 13.2 Å². The average Bonchev–Trinajstić information content (AvgIpc) is 3.03. The van der Waals surface area contributed by atoms with Gasteiger partial charge in [-0.05, 0) is 50.6 Å². The third-order valence-electron chi connectivity index (χ3n) is 4.29. The highest BCUT2D eigenvalue weighted by Crippen LogP contribution is 2.14. The Morgan fingerprint density at radius 1 is 1.07 bits per heavy atom. The zero-order chi connectivity index (χ0) is 20.3. The molecule has 0 fully saturated rings. The van der Waals surface area contributed by atoms with Gasteiger partial charge in [0.05, 0.1) is 17.9 Å². The largest absolute Gasteiger partial charge is 0.331 e. The van der Waals surface area contributed by atoms with Crippen molar-refractivity contribution in [2.75, 3.05) is 18.9 Å². The van der Waals surface area contributed by atoms with Crippen LogP contribution in [0.4, 0.5) is 5.82 Å². The first kappa shape index (κ1) is 19.2. The Balaban J connectivity index is 1.69. The maximum absolute atomic E-state index is 12.7. The van der Waals surface area contributed by atoms with E-state index in [2.05, 4.69) is 20.6 Å². The third kappa shape index (κ3) is 4.22. The summed E-state index contributed by atoms with van der Waals surface area (Å²) in [5, 5.41) is 10.8. The Kier molecular flexibility index (Phi) is 5.49. The average molecular weight is 378 g/mol. The molecular formula is C20H22N6O2. The van der Waals surface area contributed by atoms with Crippen molar-refractivity contribution in [1.29, 1.82) is 0 Å². The van der Waals surface area contributed by atoms with Crippen LogP contribution in [0, 0.1) is 20.8 Å². The van der Waals surface area contributed by atoms with Crippen LogP contribution < -0.4 is 5.32 Å². The first-order valence-electron chi connectivity index (χ1n) is 8.82. The van der Waals surface area contributed by atoms with Gasteiger partial charge < -0.3 is 10.2 Å². The molecule has 8 heteroatoms. The van der Waals surface area contributed by atoms with Crippen molar-refractivity contribution in [2.24, 2.45) is 0 Å². The van der Waals surface area contributed by atoms with E-state index >= 15 is 0 Å². The second-order valence-corrected chi connectivity index (χ2v) is 6.70. The lowest BCUT2D eigenvalue weighted by Crippen LogP contribution is -2.35. The zero-order valence-corrected chi connectivity index (χ0v) is 16.3. The number of pyridine rings is 1. The minimum atomic E-state index is -0.372. The predicted octanol–water partition coefficient (Wildman–Crippen LogP) is 2.30. The topological polar surface area (TPSA) is 93.0 Å². The standard InChI is InChI=1S/C20H22N6O2/c1-13-5-7-16(8-6-13)26-15(3)19(23-24-26)20(28)25(4)12-18(27)22-17-11-14(2)9-10-21-17/h5-11H,12H2,1-4H3,(H,21,22,27). The number of aromatic nitrogens is 4. The van der Waals surface area contributed by atoms with E-state index in [1.165, 1.54) is 4.90 Å². The van der Waals surface area contributed by atoms with E-state index in [1.54, 1.807) is 30.9 Å². The molecule has 3 aromatic rings. The van der Waals surface area contributed by atoms with Crippen molar-refractivity contribution in [1.82, 2.24) is 24.9 Å². The Morgan fingerprint density at radius 2 is 1.79 bits per heavy atom. The van der Waals surface area contributed by atoms with Gasteiger partial charge in [0.15, 0.2) is 5.69 Å². The number of hydrogen-bond donors (Lipinski definition) is 1. The molecule has 0 aliphatic rings. The molecular weight excluding hydrogens is 356 g/mol. The second-order valence-electron chi connectivity index (χ2n) is 6.70. The van der Waals surface area contributed by atoms with Gasteiger partial charge in [-0.1, -0.05) is 22.9 Å². The van der Waals surface area contributed by atoms with Gasteiger partial charge in [0.2, 0.25) is 5.91 Å². The smallest absolute Gasteiger partial charge is 0.276 e. The molecule has 0 aliphatic carbocycles. The number of hydrogen-bond acceptors (Lipinski definition) is 5. The molecule has 0 saturated carbocycles. The Morgan fingerprint density at radius 3 is 2.46 bits per heavy atom. The summed E-state index contributed by atoms with van der Waals surface area (Å²) in [7, 11) is 1.55. The number of nitrogens with one attached hydrogen (secondary N) is 1. The number of aryl methyl sites for hydroxylation is 2. The van der Waals surface area contributed by atoms with Crippen LogP contribution in [0.2, 0.25) is 0 Å². The number of carbonyl (C=O) groups excluding carboxylic acids is 2. The lowest BCUT2D eigenvalue weighted by molar-refractivity contribution is -0.116. The van der Waals surface area contributed by atoms with Gasteiger partial charge in [-0.25, -0.2) is 9.67 Å². The predicted molar refractivity (Wildman–Crippen MR) is 105 cm³/mol. The van der Waals surface area contributed by atoms with Crippen molar-refractivity contribution < 1.29 is 9.59 Å². The van der Waals surface area contributed by atoms with Crippen LogP contribution in [0.15, 0.2) is 42.6 Å². The fourth-order valence-corrected chi connectivity index (χ4v) is 2.71. The third-order valence-corrected chi connectivity index (χ3v) is 4.29. The van der Waals surface area contributed by atoms with Gasteiger partial charge in [-0.15, -0.1) is 5.10 Å². The van der Waals surface area contributed by atoms with Gasteiger partial charge in [-0.2, -0.15) is 0 Å². The number of likely N-dealkylation sites (N-methyl/N-ethyl adjacent to an activating group) is 1. The first-order valence-corrected chi connectivity index (χ1v) is 8.82. The molecule has 2 heterocycles. The number of carbonyl (C=O) groups is 2. The van der Waals surface area contributed by atoms with Crippen molar-refractivity contribution >= 4 is 17.6 Å². The second kappa shape index (κ2) is 7.99. The van der Waals surface area contributed by atoms with E-state index in [1.807, 2.05) is 44.2 Å². The summed E-state index contributed by atoms with van der Waals surface area (Å²) in [6, 6.07) is 11.4. The van der Waals surface area contributed by atoms with Crippen molar-refractivity contribution in [3.8, 4) is 5.69 Å². The fraction of sp³-hybridized carbons (Fsp3) is 0.250. The van der Waals surface area contributed by atoms with Gasteiger partial charge in [-0.3, -0.25) is 9.59 Å². The van der Waals surface area contributed by atoms with Gasteiger partial charge in [0.1, 0.15) is 5.82 Å². The summed E-state index contributed by atoms with van der Waals surface area (Å²) in [5.74, 6) is -0.256. The molecule has 0 radical (unpaired) electrons. The Hall–Kier alpha value is -3.55. The Labute approximate surface area is 163 Å². The number of amides is 2. The summed E-state index contributed by atoms with van der Waals surface area (Å²) >= 11 is 0. The Bertz CT molecular complexity index is 1010. The summed E-state index contributed by atoms with van der Waals surface area (Å²) in [6.07, 6.45) is 1.62. The fourth-order valence-electron chi connectivity index (χ4n) is 2.71. The van der Waals surface area contributed by atoms with Crippen LogP contribution in [0.25, 0.3) is 5.69 Å². The summed E-state index contributed by atoms with van der Waals surface area (Å²) in [6.45, 7) is 5.56. The molecule has 8 nitrogen and oxygen atoms in total. The summed E-state index contributed by atoms with van der Waals surface area (Å²) < 4.78 is 1.61. The molecule has 1 N–H and O–H groups in total. The van der Waals surface area contributed by atoms with Crippen LogP contribution in [0.3, 0.4) is 0 Å². The molecule has 1 aromatic carbocycles. The zero-order valence-electron chi connectivity index (χ0n) is 16.3. The van der Waals surface area contributed by atoms with Gasteiger partial charge >= 0.3 is 0 Å². The molecule has 2 amide bonds. The maximum Gasteiger partial charge on any atom is 0.276 e. The monoisotopic (exact) mass is 378 g/mol. The molecule has 0 unspecified atom stereocenters. The number of benzene rings is 1. The highest BCUT2D eigenvalue weighted by Gasteiger charge is 2.22. The molecule has 0 spiro atoms. The van der Waals surface area contributed by atoms with Crippen molar-refractivity contribution in [3.63, 3.8) is 0 Å². The molecule has 28 heavy (non-hydrogen) atoms. The number of anilines is 1. The van der Waals surface area contributed by atoms with Crippen LogP contribution in [-0.2, 0) is 4.79 Å². The van der Waals surface area contributed by atoms with E-state index in [9.17, 15) is 9.59 Å². The number of nitrogens with zero attached hydrogens (tertiary/aromatic N) is 5. The summed E-state index contributed by atoms with van der Waals surface area (Å²) in [5.41, 5.74) is 3.76. The SMILES string of the molecule is Cc1ccc(-n2nnc(C(=O)N(C)CC(=O)Nc3cc(C)ccn3)c2C)cc1. The van der Waals surface area contributed by atoms with Crippen LogP contribution in [-0.4, -0.2) is 50.3 Å².